The van der Waals surface area contributed by atoms with Gasteiger partial charge in [-0.3, -0.25) is 10.1 Å². The molecule has 1 aromatic heterocycles. The lowest BCUT2D eigenvalue weighted by molar-refractivity contribution is -0.385. The van der Waals surface area contributed by atoms with Gasteiger partial charge in [-0.25, -0.2) is 0 Å². The topological polar surface area (TPSA) is 70.2 Å². The molecule has 0 N–H and O–H groups in total. The number of nitro benzene ring substituents is 1. The van der Waals surface area contributed by atoms with Crippen LogP contribution in [0.4, 0.5) is 11.4 Å². The van der Waals surface area contributed by atoms with Gasteiger partial charge in [0.1, 0.15) is 11.6 Å². The first-order valence-electron chi connectivity index (χ1n) is 6.18. The SMILES string of the molecule is N#Cc1ccc(N2CCc3sccc3C2)cc1[N+](=O)[O-]. The van der Waals surface area contributed by atoms with E-state index in [0.717, 1.165) is 25.2 Å². The Morgan fingerprint density at radius 1 is 1.40 bits per heavy atom. The predicted octanol–water partition coefficient (Wildman–Crippen LogP) is 3.09. The lowest BCUT2D eigenvalue weighted by Gasteiger charge is -2.28. The van der Waals surface area contributed by atoms with Crippen LogP contribution in [-0.2, 0) is 13.0 Å². The van der Waals surface area contributed by atoms with Crippen LogP contribution in [0, 0.1) is 21.4 Å². The molecule has 0 saturated heterocycles. The second-order valence-corrected chi connectivity index (χ2v) is 5.61. The van der Waals surface area contributed by atoms with Gasteiger partial charge < -0.3 is 4.90 Å². The summed E-state index contributed by atoms with van der Waals surface area (Å²) in [7, 11) is 0. The van der Waals surface area contributed by atoms with Crippen LogP contribution in [-0.4, -0.2) is 11.5 Å². The molecule has 2 aromatic rings. The minimum atomic E-state index is -0.498. The zero-order valence-corrected chi connectivity index (χ0v) is 11.4. The summed E-state index contributed by atoms with van der Waals surface area (Å²) in [4.78, 5) is 14.0. The molecular formula is C14H11N3O2S. The van der Waals surface area contributed by atoms with Gasteiger partial charge in [-0.05, 0) is 35.6 Å². The summed E-state index contributed by atoms with van der Waals surface area (Å²) < 4.78 is 0. The van der Waals surface area contributed by atoms with Gasteiger partial charge in [0.25, 0.3) is 5.69 Å². The van der Waals surface area contributed by atoms with Crippen molar-refractivity contribution in [3.05, 3.63) is 55.8 Å². The highest BCUT2D eigenvalue weighted by molar-refractivity contribution is 7.10. The molecule has 0 bridgehead atoms. The van der Waals surface area contributed by atoms with E-state index >= 15 is 0 Å². The average Bonchev–Trinajstić information content (AvgIpc) is 2.93. The lowest BCUT2D eigenvalue weighted by Crippen LogP contribution is -2.29. The molecule has 2 heterocycles. The van der Waals surface area contributed by atoms with Crippen molar-refractivity contribution in [2.75, 3.05) is 11.4 Å². The molecule has 0 atom stereocenters. The van der Waals surface area contributed by atoms with E-state index in [1.165, 1.54) is 22.6 Å². The molecule has 5 nitrogen and oxygen atoms in total. The van der Waals surface area contributed by atoms with Gasteiger partial charge >= 0.3 is 0 Å². The third-order valence-electron chi connectivity index (χ3n) is 3.47. The third kappa shape index (κ3) is 2.12. The van der Waals surface area contributed by atoms with E-state index in [2.05, 4.69) is 16.3 Å². The maximum absolute atomic E-state index is 11.0. The number of nitrogens with zero attached hydrogens (tertiary/aromatic N) is 3. The fraction of sp³-hybridized carbons (Fsp3) is 0.214. The van der Waals surface area contributed by atoms with Crippen LogP contribution in [0.5, 0.6) is 0 Å². The maximum atomic E-state index is 11.0. The van der Waals surface area contributed by atoms with Gasteiger partial charge in [0.2, 0.25) is 0 Å². The number of rotatable bonds is 2. The molecule has 0 radical (unpaired) electrons. The van der Waals surface area contributed by atoms with Crippen molar-refractivity contribution in [2.45, 2.75) is 13.0 Å². The number of hydrogen-bond donors (Lipinski definition) is 0. The van der Waals surface area contributed by atoms with Crippen molar-refractivity contribution in [2.24, 2.45) is 0 Å². The van der Waals surface area contributed by atoms with Gasteiger partial charge in [0.05, 0.1) is 4.92 Å². The predicted molar refractivity (Wildman–Crippen MR) is 76.9 cm³/mol. The highest BCUT2D eigenvalue weighted by atomic mass is 32.1. The van der Waals surface area contributed by atoms with E-state index in [9.17, 15) is 10.1 Å². The first kappa shape index (κ1) is 12.6. The van der Waals surface area contributed by atoms with Crippen molar-refractivity contribution in [3.8, 4) is 6.07 Å². The van der Waals surface area contributed by atoms with E-state index in [4.69, 9.17) is 5.26 Å². The smallest absolute Gasteiger partial charge is 0.289 e. The zero-order chi connectivity index (χ0) is 14.1. The van der Waals surface area contributed by atoms with Crippen molar-refractivity contribution >= 4 is 22.7 Å². The molecule has 3 rings (SSSR count). The van der Waals surface area contributed by atoms with E-state index in [1.807, 2.05) is 6.07 Å². The van der Waals surface area contributed by atoms with Crippen LogP contribution in [0.15, 0.2) is 29.6 Å². The summed E-state index contributed by atoms with van der Waals surface area (Å²) in [5, 5.41) is 22.0. The molecule has 1 aliphatic heterocycles. The fourth-order valence-corrected chi connectivity index (χ4v) is 3.32. The summed E-state index contributed by atoms with van der Waals surface area (Å²) in [5.41, 5.74) is 2.06. The van der Waals surface area contributed by atoms with Gasteiger partial charge in [-0.15, -0.1) is 11.3 Å². The van der Waals surface area contributed by atoms with Crippen molar-refractivity contribution in [1.82, 2.24) is 0 Å². The van der Waals surface area contributed by atoms with Gasteiger partial charge in [0.15, 0.2) is 0 Å². The summed E-state index contributed by atoms with van der Waals surface area (Å²) in [6.45, 7) is 1.61. The van der Waals surface area contributed by atoms with Crippen LogP contribution < -0.4 is 4.90 Å². The molecule has 0 unspecified atom stereocenters. The van der Waals surface area contributed by atoms with E-state index in [-0.39, 0.29) is 11.3 Å². The van der Waals surface area contributed by atoms with Crippen molar-refractivity contribution in [1.29, 1.82) is 5.26 Å². The standard InChI is InChI=1S/C14H11N3O2S/c15-8-10-1-2-12(7-13(10)17(18)19)16-5-3-14-11(9-16)4-6-20-14/h1-2,4,6-7H,3,5,9H2. The minimum Gasteiger partial charge on any atom is -0.367 e. The van der Waals surface area contributed by atoms with Crippen LogP contribution in [0.25, 0.3) is 0 Å². The molecule has 0 spiro atoms. The highest BCUT2D eigenvalue weighted by Crippen LogP contribution is 2.30. The Hall–Kier alpha value is -2.39. The number of thiophene rings is 1. The second kappa shape index (κ2) is 4.94. The molecular weight excluding hydrogens is 274 g/mol. The normalized spacial score (nSPS) is 13.7. The Kier molecular flexibility index (Phi) is 3.12. The number of hydrogen-bond acceptors (Lipinski definition) is 5. The third-order valence-corrected chi connectivity index (χ3v) is 4.49. The van der Waals surface area contributed by atoms with E-state index in [1.54, 1.807) is 17.4 Å². The Morgan fingerprint density at radius 2 is 2.25 bits per heavy atom. The average molecular weight is 285 g/mol. The monoisotopic (exact) mass is 285 g/mol. The minimum absolute atomic E-state index is 0.104. The first-order valence-corrected chi connectivity index (χ1v) is 7.06. The van der Waals surface area contributed by atoms with Crippen LogP contribution in [0.2, 0.25) is 0 Å². The van der Waals surface area contributed by atoms with Crippen LogP contribution in [0.1, 0.15) is 16.0 Å². The number of anilines is 1. The number of nitro groups is 1. The Bertz CT molecular complexity index is 717. The highest BCUT2D eigenvalue weighted by Gasteiger charge is 2.21. The van der Waals surface area contributed by atoms with Gasteiger partial charge in [-0.2, -0.15) is 5.26 Å². The molecule has 0 fully saturated rings. The molecule has 20 heavy (non-hydrogen) atoms. The summed E-state index contributed by atoms with van der Waals surface area (Å²) in [5.74, 6) is 0. The molecule has 0 saturated carbocycles. The quantitative estimate of drug-likeness (QED) is 0.628. The molecule has 0 amide bonds. The summed E-state index contributed by atoms with van der Waals surface area (Å²) in [6, 6.07) is 8.76. The van der Waals surface area contributed by atoms with Crippen LogP contribution >= 0.6 is 11.3 Å². The summed E-state index contributed by atoms with van der Waals surface area (Å²) in [6.07, 6.45) is 0.959. The first-order chi connectivity index (χ1) is 9.69. The van der Waals surface area contributed by atoms with Crippen molar-refractivity contribution in [3.63, 3.8) is 0 Å². The number of nitriles is 1. The number of fused-ring (bicyclic) bond motifs is 1. The lowest BCUT2D eigenvalue weighted by atomic mass is 10.1. The molecule has 1 aromatic carbocycles. The van der Waals surface area contributed by atoms with E-state index in [0.29, 0.717) is 0 Å². The molecule has 1 aliphatic rings. The Morgan fingerprint density at radius 3 is 3.00 bits per heavy atom. The molecule has 100 valence electrons. The Labute approximate surface area is 119 Å². The zero-order valence-electron chi connectivity index (χ0n) is 10.6. The van der Waals surface area contributed by atoms with Gasteiger partial charge in [-0.1, -0.05) is 0 Å². The van der Waals surface area contributed by atoms with E-state index < -0.39 is 4.92 Å². The second-order valence-electron chi connectivity index (χ2n) is 4.61. The van der Waals surface area contributed by atoms with Crippen LogP contribution in [0.3, 0.4) is 0 Å². The van der Waals surface area contributed by atoms with Crippen molar-refractivity contribution < 1.29 is 4.92 Å². The Balaban J connectivity index is 1.94. The molecule has 0 aliphatic carbocycles. The largest absolute Gasteiger partial charge is 0.367 e. The number of benzene rings is 1. The maximum Gasteiger partial charge on any atom is 0.289 e. The fourth-order valence-electron chi connectivity index (χ4n) is 2.43. The molecule has 6 heteroatoms. The summed E-state index contributed by atoms with van der Waals surface area (Å²) >= 11 is 1.76. The van der Waals surface area contributed by atoms with Gasteiger partial charge in [0, 0.05) is 29.7 Å².